The molecule has 0 fully saturated rings. The molecule has 0 radical (unpaired) electrons. The van der Waals surface area contributed by atoms with Crippen molar-refractivity contribution in [2.45, 2.75) is 0 Å². The Labute approximate surface area is 113 Å². The number of benzene rings is 1. The number of pyridine rings is 1. The second kappa shape index (κ2) is 4.84. The summed E-state index contributed by atoms with van der Waals surface area (Å²) in [5.74, 6) is -0.997. The van der Waals surface area contributed by atoms with Crippen LogP contribution in [0.3, 0.4) is 0 Å². The van der Waals surface area contributed by atoms with Gasteiger partial charge in [-0.25, -0.2) is 4.79 Å². The molecule has 0 aliphatic carbocycles. The molecule has 1 N–H and O–H groups in total. The van der Waals surface area contributed by atoms with E-state index in [2.05, 4.69) is 0 Å². The SMILES string of the molecule is O=C(O)c1ccc(-c2cc(Cl)[n+]([O-])c(Cl)c2)cc1. The number of aromatic nitrogens is 1. The minimum Gasteiger partial charge on any atom is -0.617 e. The van der Waals surface area contributed by atoms with Crippen LogP contribution in [0.2, 0.25) is 10.3 Å². The summed E-state index contributed by atoms with van der Waals surface area (Å²) in [7, 11) is 0. The monoisotopic (exact) mass is 283 g/mol. The molecule has 0 aliphatic rings. The van der Waals surface area contributed by atoms with E-state index in [0.717, 1.165) is 5.56 Å². The second-order valence-electron chi connectivity index (χ2n) is 3.57. The van der Waals surface area contributed by atoms with E-state index in [1.54, 1.807) is 12.1 Å². The van der Waals surface area contributed by atoms with E-state index in [1.807, 2.05) is 0 Å². The predicted molar refractivity (Wildman–Crippen MR) is 67.8 cm³/mol. The lowest BCUT2D eigenvalue weighted by Gasteiger charge is -2.05. The minimum absolute atomic E-state index is 0.0418. The summed E-state index contributed by atoms with van der Waals surface area (Å²) in [6.45, 7) is 0. The van der Waals surface area contributed by atoms with Crippen LogP contribution in [0.15, 0.2) is 36.4 Å². The molecular formula is C12H7Cl2NO3. The number of carboxylic acid groups (broad SMARTS) is 1. The first-order valence-electron chi connectivity index (χ1n) is 4.91. The molecule has 4 nitrogen and oxygen atoms in total. The lowest BCUT2D eigenvalue weighted by Crippen LogP contribution is -2.28. The molecule has 0 aliphatic heterocycles. The van der Waals surface area contributed by atoms with Crippen LogP contribution < -0.4 is 4.73 Å². The highest BCUT2D eigenvalue weighted by Crippen LogP contribution is 2.24. The third-order valence-electron chi connectivity index (χ3n) is 2.40. The number of hydrogen-bond acceptors (Lipinski definition) is 2. The Hall–Kier alpha value is -1.78. The molecule has 0 atom stereocenters. The highest BCUT2D eigenvalue weighted by atomic mass is 35.5. The standard InChI is InChI=1S/C12H7Cl2NO3/c13-10-5-9(6-11(14)15(10)18)7-1-3-8(4-2-7)12(16)17/h1-6H,(H,16,17). The van der Waals surface area contributed by atoms with Gasteiger partial charge < -0.3 is 10.3 Å². The van der Waals surface area contributed by atoms with Gasteiger partial charge in [-0.1, -0.05) is 12.1 Å². The van der Waals surface area contributed by atoms with E-state index in [1.165, 1.54) is 24.3 Å². The average molecular weight is 284 g/mol. The van der Waals surface area contributed by atoms with Gasteiger partial charge in [0.25, 0.3) is 10.3 Å². The van der Waals surface area contributed by atoms with Gasteiger partial charge in [-0.05, 0) is 46.5 Å². The largest absolute Gasteiger partial charge is 0.617 e. The van der Waals surface area contributed by atoms with E-state index in [9.17, 15) is 10.0 Å². The summed E-state index contributed by atoms with van der Waals surface area (Å²) in [6.07, 6.45) is 0. The van der Waals surface area contributed by atoms with Crippen LogP contribution in [0.4, 0.5) is 0 Å². The van der Waals surface area contributed by atoms with Crippen molar-refractivity contribution >= 4 is 29.2 Å². The van der Waals surface area contributed by atoms with Crippen LogP contribution in [0.1, 0.15) is 10.4 Å². The van der Waals surface area contributed by atoms with E-state index in [0.29, 0.717) is 10.3 Å². The van der Waals surface area contributed by atoms with Crippen LogP contribution in [0.5, 0.6) is 0 Å². The Bertz CT molecular complexity index is 588. The molecule has 1 aromatic heterocycles. The fraction of sp³-hybridized carbons (Fsp3) is 0. The molecule has 0 saturated carbocycles. The van der Waals surface area contributed by atoms with Gasteiger partial charge in [-0.3, -0.25) is 0 Å². The van der Waals surface area contributed by atoms with Gasteiger partial charge in [0.1, 0.15) is 0 Å². The number of carboxylic acids is 1. The number of rotatable bonds is 2. The molecule has 0 unspecified atom stereocenters. The summed E-state index contributed by atoms with van der Waals surface area (Å²) < 4.78 is 0.401. The summed E-state index contributed by atoms with van der Waals surface area (Å²) in [5.41, 5.74) is 1.56. The third kappa shape index (κ3) is 2.39. The Morgan fingerprint density at radius 2 is 1.56 bits per heavy atom. The van der Waals surface area contributed by atoms with Gasteiger partial charge >= 0.3 is 5.97 Å². The first-order chi connectivity index (χ1) is 8.49. The van der Waals surface area contributed by atoms with Crippen LogP contribution in [0.25, 0.3) is 11.1 Å². The molecule has 6 heteroatoms. The number of halogens is 2. The fourth-order valence-corrected chi connectivity index (χ4v) is 1.95. The van der Waals surface area contributed by atoms with Gasteiger partial charge in [0.05, 0.1) is 5.56 Å². The predicted octanol–water partition coefficient (Wildman–Crippen LogP) is 2.99. The maximum absolute atomic E-state index is 11.3. The zero-order valence-corrected chi connectivity index (χ0v) is 10.4. The Kier molecular flexibility index (Phi) is 3.41. The van der Waals surface area contributed by atoms with Crippen molar-refractivity contribution < 1.29 is 14.6 Å². The van der Waals surface area contributed by atoms with Crippen molar-refractivity contribution in [3.63, 3.8) is 0 Å². The molecule has 2 rings (SSSR count). The summed E-state index contributed by atoms with van der Waals surface area (Å²) in [4.78, 5) is 10.7. The molecule has 0 bridgehead atoms. The van der Waals surface area contributed by atoms with Crippen molar-refractivity contribution in [2.75, 3.05) is 0 Å². The molecule has 1 heterocycles. The Balaban J connectivity index is 2.46. The topological polar surface area (TPSA) is 64.2 Å². The number of hydrogen-bond donors (Lipinski definition) is 1. The lowest BCUT2D eigenvalue weighted by molar-refractivity contribution is -0.600. The van der Waals surface area contributed by atoms with Crippen molar-refractivity contribution in [3.05, 3.63) is 57.5 Å². The normalized spacial score (nSPS) is 10.3. The first kappa shape index (κ1) is 12.7. The van der Waals surface area contributed by atoms with Crippen LogP contribution in [-0.2, 0) is 0 Å². The lowest BCUT2D eigenvalue weighted by atomic mass is 10.1. The smallest absolute Gasteiger partial charge is 0.335 e. The number of aromatic carboxylic acids is 1. The number of nitrogens with zero attached hydrogens (tertiary/aromatic N) is 1. The van der Waals surface area contributed by atoms with E-state index in [-0.39, 0.29) is 15.9 Å². The third-order valence-corrected chi connectivity index (χ3v) is 2.93. The molecule has 18 heavy (non-hydrogen) atoms. The first-order valence-corrected chi connectivity index (χ1v) is 5.67. The van der Waals surface area contributed by atoms with E-state index < -0.39 is 5.97 Å². The van der Waals surface area contributed by atoms with Crippen molar-refractivity contribution in [2.24, 2.45) is 0 Å². The average Bonchev–Trinajstić information content (AvgIpc) is 2.35. The molecule has 0 amide bonds. The molecule has 2 aromatic rings. The molecule has 0 saturated heterocycles. The quantitative estimate of drug-likeness (QED) is 0.524. The Morgan fingerprint density at radius 3 is 2.00 bits per heavy atom. The Morgan fingerprint density at radius 1 is 1.06 bits per heavy atom. The highest BCUT2D eigenvalue weighted by molar-refractivity contribution is 6.31. The minimum atomic E-state index is -0.997. The van der Waals surface area contributed by atoms with E-state index >= 15 is 0 Å². The van der Waals surface area contributed by atoms with Gasteiger partial charge in [0, 0.05) is 12.1 Å². The summed E-state index contributed by atoms with van der Waals surface area (Å²) >= 11 is 11.4. The maximum atomic E-state index is 11.3. The van der Waals surface area contributed by atoms with Crippen LogP contribution in [-0.4, -0.2) is 11.1 Å². The molecular weight excluding hydrogens is 277 g/mol. The number of carbonyl (C=O) groups is 1. The van der Waals surface area contributed by atoms with Crippen molar-refractivity contribution in [3.8, 4) is 11.1 Å². The highest BCUT2D eigenvalue weighted by Gasteiger charge is 2.12. The van der Waals surface area contributed by atoms with Gasteiger partial charge in [-0.2, -0.15) is 0 Å². The molecule has 0 spiro atoms. The van der Waals surface area contributed by atoms with Crippen molar-refractivity contribution in [1.82, 2.24) is 0 Å². The van der Waals surface area contributed by atoms with Crippen LogP contribution >= 0.6 is 23.2 Å². The molecule has 92 valence electrons. The zero-order chi connectivity index (χ0) is 13.3. The fourth-order valence-electron chi connectivity index (χ4n) is 1.49. The van der Waals surface area contributed by atoms with Crippen LogP contribution in [0, 0.1) is 5.21 Å². The van der Waals surface area contributed by atoms with Crippen molar-refractivity contribution in [1.29, 1.82) is 0 Å². The van der Waals surface area contributed by atoms with Gasteiger partial charge in [0.15, 0.2) is 0 Å². The van der Waals surface area contributed by atoms with Gasteiger partial charge in [-0.15, -0.1) is 4.73 Å². The van der Waals surface area contributed by atoms with Gasteiger partial charge in [0.2, 0.25) is 0 Å². The molecule has 1 aromatic carbocycles. The maximum Gasteiger partial charge on any atom is 0.335 e. The second-order valence-corrected chi connectivity index (χ2v) is 4.34. The summed E-state index contributed by atoms with van der Waals surface area (Å²) in [6, 6.07) is 9.13. The summed E-state index contributed by atoms with van der Waals surface area (Å²) in [5, 5.41) is 20.0. The van der Waals surface area contributed by atoms with E-state index in [4.69, 9.17) is 28.3 Å². The zero-order valence-electron chi connectivity index (χ0n) is 8.93.